The topological polar surface area (TPSA) is 90.2 Å². The normalized spacial score (nSPS) is 11.9. The molecule has 0 fully saturated rings. The van der Waals surface area contributed by atoms with E-state index in [1.165, 1.54) is 17.4 Å². The third-order valence-electron chi connectivity index (χ3n) is 2.36. The second-order valence-electron chi connectivity index (χ2n) is 3.87. The van der Waals surface area contributed by atoms with Crippen LogP contribution in [0.5, 0.6) is 0 Å². The maximum absolute atomic E-state index is 11.1. The first-order chi connectivity index (χ1) is 9.26. The van der Waals surface area contributed by atoms with Gasteiger partial charge in [-0.2, -0.15) is 0 Å². The second-order valence-corrected chi connectivity index (χ2v) is 9.14. The zero-order valence-corrected chi connectivity index (χ0v) is 13.4. The number of nitro groups is 1. The zero-order valence-electron chi connectivity index (χ0n) is 10.2. The summed E-state index contributed by atoms with van der Waals surface area (Å²) in [6.45, 7) is 1.82. The Hall–Kier alpha value is -0.900. The molecule has 1 aromatic heterocycles. The molecule has 2 aromatic rings. The number of hydrogen-bond donors (Lipinski definition) is 0. The summed E-state index contributed by atoms with van der Waals surface area (Å²) < 4.78 is 22.5. The van der Waals surface area contributed by atoms with E-state index in [-0.39, 0.29) is 17.2 Å². The molecule has 2 rings (SSSR count). The van der Waals surface area contributed by atoms with Gasteiger partial charge < -0.3 is 0 Å². The molecule has 0 unspecified atom stereocenters. The van der Waals surface area contributed by atoms with Crippen LogP contribution in [0.2, 0.25) is 0 Å². The highest BCUT2D eigenvalue weighted by molar-refractivity contribution is 8.14. The summed E-state index contributed by atoms with van der Waals surface area (Å²) in [5.41, 5.74) is 0.632. The van der Waals surface area contributed by atoms with Crippen LogP contribution in [0.15, 0.2) is 17.0 Å². The lowest BCUT2D eigenvalue weighted by atomic mass is 10.3. The third kappa shape index (κ3) is 3.81. The Morgan fingerprint density at radius 3 is 2.80 bits per heavy atom. The van der Waals surface area contributed by atoms with Crippen LogP contribution in [0.4, 0.5) is 5.69 Å². The van der Waals surface area contributed by atoms with Gasteiger partial charge in [-0.1, -0.05) is 0 Å². The fraction of sp³-hybridized carbons (Fsp3) is 0.300. The van der Waals surface area contributed by atoms with Gasteiger partial charge in [0.1, 0.15) is 0 Å². The lowest BCUT2D eigenvalue weighted by molar-refractivity contribution is -0.387. The van der Waals surface area contributed by atoms with Gasteiger partial charge in [-0.15, -0.1) is 23.1 Å². The maximum atomic E-state index is 11.1. The van der Waals surface area contributed by atoms with Gasteiger partial charge in [-0.3, -0.25) is 10.1 Å². The van der Waals surface area contributed by atoms with Crippen LogP contribution in [-0.4, -0.2) is 29.8 Å². The Balaban J connectivity index is 2.34. The average Bonchev–Trinajstić information content (AvgIpc) is 2.65. The van der Waals surface area contributed by atoms with Gasteiger partial charge in [0, 0.05) is 22.5 Å². The summed E-state index contributed by atoms with van der Waals surface area (Å²) in [6.07, 6.45) is 0. The number of nitro benzene ring substituents is 1. The molecule has 0 saturated carbocycles. The van der Waals surface area contributed by atoms with E-state index < -0.39 is 14.0 Å². The fourth-order valence-corrected chi connectivity index (χ4v) is 4.80. The molecule has 0 saturated heterocycles. The van der Waals surface area contributed by atoms with Crippen molar-refractivity contribution in [2.24, 2.45) is 0 Å². The fourth-order valence-electron chi connectivity index (χ4n) is 1.57. The monoisotopic (exact) mass is 352 g/mol. The van der Waals surface area contributed by atoms with Crippen molar-refractivity contribution >= 4 is 58.7 Å². The Labute approximate surface area is 127 Å². The van der Waals surface area contributed by atoms with Crippen LogP contribution >= 0.6 is 33.8 Å². The van der Waals surface area contributed by atoms with Crippen molar-refractivity contribution in [2.75, 3.05) is 11.5 Å². The van der Waals surface area contributed by atoms with Crippen LogP contribution in [0.1, 0.15) is 5.01 Å². The summed E-state index contributed by atoms with van der Waals surface area (Å²) >= 11 is 2.46. The number of aromatic nitrogens is 1. The smallest absolute Gasteiger partial charge is 0.258 e. The lowest BCUT2D eigenvalue weighted by Gasteiger charge is -2.02. The minimum atomic E-state index is -3.60. The molecule has 20 heavy (non-hydrogen) atoms. The molecule has 1 heterocycles. The zero-order chi connectivity index (χ0) is 14.9. The van der Waals surface area contributed by atoms with Crippen molar-refractivity contribution in [2.45, 2.75) is 11.8 Å². The minimum Gasteiger partial charge on any atom is -0.258 e. The number of fused-ring (bicyclic) bond motifs is 1. The van der Waals surface area contributed by atoms with Gasteiger partial charge in [-0.25, -0.2) is 13.4 Å². The number of benzene rings is 1. The second kappa shape index (κ2) is 5.84. The summed E-state index contributed by atoms with van der Waals surface area (Å²) in [6, 6.07) is 3.08. The molecular formula is C10H9ClN2O4S3. The highest BCUT2D eigenvalue weighted by Gasteiger charge is 2.18. The van der Waals surface area contributed by atoms with Gasteiger partial charge in [0.25, 0.3) is 5.69 Å². The number of rotatable bonds is 5. The van der Waals surface area contributed by atoms with E-state index in [1.807, 2.05) is 6.92 Å². The summed E-state index contributed by atoms with van der Waals surface area (Å²) in [5.74, 6) is -0.0915. The summed E-state index contributed by atoms with van der Waals surface area (Å²) in [4.78, 5) is 15.3. The molecule has 0 amide bonds. The molecule has 0 aliphatic heterocycles. The number of thiazole rings is 1. The molecule has 0 aliphatic carbocycles. The third-order valence-corrected chi connectivity index (χ3v) is 5.75. The first-order valence-electron chi connectivity index (χ1n) is 5.37. The molecule has 1 aromatic carbocycles. The Morgan fingerprint density at radius 2 is 2.20 bits per heavy atom. The molecule has 108 valence electrons. The molecule has 0 aliphatic rings. The molecule has 0 N–H and O–H groups in total. The number of nitrogens with zero attached hydrogens (tertiary/aromatic N) is 2. The number of aryl methyl sites for hydroxylation is 1. The molecule has 0 atom stereocenters. The summed E-state index contributed by atoms with van der Waals surface area (Å²) in [5, 5.41) is 11.9. The quantitative estimate of drug-likeness (QED) is 0.355. The Bertz CT molecular complexity index is 772. The van der Waals surface area contributed by atoms with E-state index in [4.69, 9.17) is 10.7 Å². The standard InChI is InChI=1S/C10H9ClN2O4S3/c1-6-12-7-4-10(18-2-3-20(11,16)17)8(13(14)15)5-9(7)19-6/h4-5H,2-3H2,1H3. The highest BCUT2D eigenvalue weighted by Crippen LogP contribution is 2.35. The van der Waals surface area contributed by atoms with Gasteiger partial charge in [-0.05, 0) is 13.0 Å². The van der Waals surface area contributed by atoms with E-state index in [0.717, 1.165) is 21.5 Å². The van der Waals surface area contributed by atoms with Crippen molar-refractivity contribution in [1.29, 1.82) is 0 Å². The first-order valence-corrected chi connectivity index (χ1v) is 9.65. The highest BCUT2D eigenvalue weighted by atomic mass is 35.7. The molecule has 6 nitrogen and oxygen atoms in total. The van der Waals surface area contributed by atoms with Gasteiger partial charge >= 0.3 is 0 Å². The Morgan fingerprint density at radius 1 is 1.50 bits per heavy atom. The maximum Gasteiger partial charge on any atom is 0.284 e. The average molecular weight is 353 g/mol. The molecule has 0 spiro atoms. The van der Waals surface area contributed by atoms with Crippen LogP contribution in [0, 0.1) is 17.0 Å². The van der Waals surface area contributed by atoms with Crippen molar-refractivity contribution in [3.8, 4) is 0 Å². The van der Waals surface area contributed by atoms with E-state index >= 15 is 0 Å². The van der Waals surface area contributed by atoms with E-state index in [0.29, 0.717) is 10.4 Å². The van der Waals surface area contributed by atoms with Gasteiger partial charge in [0.05, 0.1) is 30.8 Å². The minimum absolute atomic E-state index is 0.0434. The first kappa shape index (κ1) is 15.5. The largest absolute Gasteiger partial charge is 0.284 e. The molecule has 10 heteroatoms. The Kier molecular flexibility index (Phi) is 4.52. The summed E-state index contributed by atoms with van der Waals surface area (Å²) in [7, 11) is 1.52. The van der Waals surface area contributed by atoms with Crippen molar-refractivity contribution in [3.05, 3.63) is 27.3 Å². The van der Waals surface area contributed by atoms with Crippen molar-refractivity contribution in [1.82, 2.24) is 4.98 Å². The SMILES string of the molecule is Cc1nc2cc(SCCS(=O)(=O)Cl)c([N+](=O)[O-])cc2s1. The van der Waals surface area contributed by atoms with Crippen LogP contribution in [-0.2, 0) is 9.05 Å². The van der Waals surface area contributed by atoms with Gasteiger partial charge in [0.2, 0.25) is 9.05 Å². The number of thioether (sulfide) groups is 1. The van der Waals surface area contributed by atoms with Crippen molar-refractivity contribution < 1.29 is 13.3 Å². The van der Waals surface area contributed by atoms with E-state index in [2.05, 4.69) is 4.98 Å². The number of halogens is 1. The lowest BCUT2D eigenvalue weighted by Crippen LogP contribution is -2.00. The number of hydrogen-bond acceptors (Lipinski definition) is 7. The van der Waals surface area contributed by atoms with E-state index in [1.54, 1.807) is 6.07 Å². The van der Waals surface area contributed by atoms with Gasteiger partial charge in [0.15, 0.2) is 0 Å². The predicted molar refractivity (Wildman–Crippen MR) is 81.4 cm³/mol. The van der Waals surface area contributed by atoms with E-state index in [9.17, 15) is 18.5 Å². The molecule has 0 bridgehead atoms. The predicted octanol–water partition coefficient (Wildman–Crippen LogP) is 3.17. The van der Waals surface area contributed by atoms with Crippen LogP contribution in [0.3, 0.4) is 0 Å². The van der Waals surface area contributed by atoms with Crippen LogP contribution in [0.25, 0.3) is 10.2 Å². The van der Waals surface area contributed by atoms with Crippen molar-refractivity contribution in [3.63, 3.8) is 0 Å². The molecular weight excluding hydrogens is 344 g/mol. The molecule has 0 radical (unpaired) electrons. The van der Waals surface area contributed by atoms with Crippen LogP contribution < -0.4 is 0 Å².